The van der Waals surface area contributed by atoms with Gasteiger partial charge in [-0.15, -0.1) is 0 Å². The van der Waals surface area contributed by atoms with E-state index < -0.39 is 10.0 Å². The summed E-state index contributed by atoms with van der Waals surface area (Å²) in [4.78, 5) is 12.1. The zero-order chi connectivity index (χ0) is 16.7. The van der Waals surface area contributed by atoms with E-state index >= 15 is 0 Å². The van der Waals surface area contributed by atoms with Crippen molar-refractivity contribution in [2.24, 2.45) is 0 Å². The average Bonchev–Trinajstić information content (AvgIpc) is 3.16. The van der Waals surface area contributed by atoms with Crippen LogP contribution in [-0.4, -0.2) is 47.4 Å². The first-order chi connectivity index (χ1) is 11.5. The number of aromatic amines is 1. The molecule has 4 heterocycles. The lowest BCUT2D eigenvalue weighted by atomic mass is 10.1. The van der Waals surface area contributed by atoms with Gasteiger partial charge < -0.3 is 14.3 Å². The van der Waals surface area contributed by atoms with Gasteiger partial charge in [0.1, 0.15) is 17.0 Å². The minimum Gasteiger partial charge on any atom is -0.379 e. The molecular weight excluding hydrogens is 330 g/mol. The summed E-state index contributed by atoms with van der Waals surface area (Å²) < 4.78 is 33.3. The number of imidazole rings is 1. The summed E-state index contributed by atoms with van der Waals surface area (Å²) in [6, 6.07) is 2.11. The Morgan fingerprint density at radius 1 is 1.50 bits per heavy atom. The van der Waals surface area contributed by atoms with Crippen molar-refractivity contribution in [3.8, 4) is 0 Å². The Hall–Kier alpha value is -1.97. The van der Waals surface area contributed by atoms with Gasteiger partial charge in [0.25, 0.3) is 0 Å². The summed E-state index contributed by atoms with van der Waals surface area (Å²) in [5, 5.41) is 0.983. The Kier molecular flexibility index (Phi) is 3.78. The summed E-state index contributed by atoms with van der Waals surface area (Å²) in [6.07, 6.45) is 6.67. The molecular formula is C15H19N5O3S. The molecule has 1 saturated heterocycles. The number of sulfonamides is 1. The maximum Gasteiger partial charge on any atom is 0.209 e. The van der Waals surface area contributed by atoms with Gasteiger partial charge in [-0.1, -0.05) is 0 Å². The zero-order valence-corrected chi connectivity index (χ0v) is 14.1. The first-order valence-corrected chi connectivity index (χ1v) is 9.77. The lowest BCUT2D eigenvalue weighted by Gasteiger charge is -2.26. The van der Waals surface area contributed by atoms with Crippen LogP contribution in [0.4, 0.5) is 0 Å². The van der Waals surface area contributed by atoms with Crippen LogP contribution in [0.1, 0.15) is 24.7 Å². The van der Waals surface area contributed by atoms with Gasteiger partial charge in [-0.2, -0.15) is 0 Å². The van der Waals surface area contributed by atoms with Crippen molar-refractivity contribution < 1.29 is 13.2 Å². The molecule has 0 bridgehead atoms. The number of nitrogens with one attached hydrogen (secondary N) is 2. The number of fused-ring (bicyclic) bond motifs is 3. The van der Waals surface area contributed by atoms with Crippen molar-refractivity contribution in [3.05, 3.63) is 24.3 Å². The molecule has 0 spiro atoms. The van der Waals surface area contributed by atoms with Crippen LogP contribution in [0.5, 0.6) is 0 Å². The fourth-order valence-corrected chi connectivity index (χ4v) is 3.67. The number of aromatic nitrogens is 4. The van der Waals surface area contributed by atoms with E-state index in [1.54, 1.807) is 6.20 Å². The third-order valence-corrected chi connectivity index (χ3v) is 4.97. The molecule has 0 unspecified atom stereocenters. The van der Waals surface area contributed by atoms with E-state index in [0.717, 1.165) is 47.8 Å². The summed E-state index contributed by atoms with van der Waals surface area (Å²) in [7, 11) is -3.30. The highest BCUT2D eigenvalue weighted by molar-refractivity contribution is 7.88. The van der Waals surface area contributed by atoms with Crippen LogP contribution in [0.3, 0.4) is 0 Å². The monoisotopic (exact) mass is 349 g/mol. The molecule has 0 radical (unpaired) electrons. The SMILES string of the molecule is CS(=O)(=O)NCc1nc2cnc3[nH]ccc3c2n1[C@H]1CCCOC1. The van der Waals surface area contributed by atoms with Crippen molar-refractivity contribution >= 4 is 32.1 Å². The number of ether oxygens (including phenoxy) is 1. The first kappa shape index (κ1) is 15.6. The molecule has 0 amide bonds. The lowest BCUT2D eigenvalue weighted by Crippen LogP contribution is -2.27. The van der Waals surface area contributed by atoms with Gasteiger partial charge in [-0.25, -0.2) is 23.1 Å². The van der Waals surface area contributed by atoms with E-state index in [4.69, 9.17) is 4.74 Å². The van der Waals surface area contributed by atoms with E-state index in [2.05, 4.69) is 24.2 Å². The molecule has 0 aromatic carbocycles. The maximum atomic E-state index is 11.5. The van der Waals surface area contributed by atoms with Crippen molar-refractivity contribution in [2.75, 3.05) is 19.5 Å². The molecule has 1 aliphatic heterocycles. The van der Waals surface area contributed by atoms with Crippen molar-refractivity contribution in [1.82, 2.24) is 24.2 Å². The number of rotatable bonds is 4. The predicted molar refractivity (Wildman–Crippen MR) is 90.2 cm³/mol. The third-order valence-electron chi connectivity index (χ3n) is 4.30. The van der Waals surface area contributed by atoms with Gasteiger partial charge in [0.05, 0.1) is 37.2 Å². The number of hydrogen-bond acceptors (Lipinski definition) is 5. The Balaban J connectivity index is 1.89. The minimum atomic E-state index is -3.30. The fraction of sp³-hybridized carbons (Fsp3) is 0.467. The molecule has 2 N–H and O–H groups in total. The fourth-order valence-electron chi connectivity index (χ4n) is 3.28. The summed E-state index contributed by atoms with van der Waals surface area (Å²) in [5.41, 5.74) is 2.53. The normalized spacial score (nSPS) is 19.3. The van der Waals surface area contributed by atoms with Crippen LogP contribution in [0, 0.1) is 0 Å². The summed E-state index contributed by atoms with van der Waals surface area (Å²) in [5.74, 6) is 0.682. The molecule has 0 aliphatic carbocycles. The molecule has 24 heavy (non-hydrogen) atoms. The van der Waals surface area contributed by atoms with Crippen molar-refractivity contribution in [1.29, 1.82) is 0 Å². The van der Waals surface area contributed by atoms with E-state index in [-0.39, 0.29) is 12.6 Å². The van der Waals surface area contributed by atoms with E-state index in [1.165, 1.54) is 0 Å². The highest BCUT2D eigenvalue weighted by Crippen LogP contribution is 2.30. The molecule has 3 aromatic heterocycles. The molecule has 128 valence electrons. The lowest BCUT2D eigenvalue weighted by molar-refractivity contribution is 0.0596. The highest BCUT2D eigenvalue weighted by atomic mass is 32.2. The van der Waals surface area contributed by atoms with Gasteiger partial charge in [0, 0.05) is 18.2 Å². The minimum absolute atomic E-state index is 0.139. The molecule has 1 atom stereocenters. The van der Waals surface area contributed by atoms with Crippen molar-refractivity contribution in [2.45, 2.75) is 25.4 Å². The van der Waals surface area contributed by atoms with Crippen molar-refractivity contribution in [3.63, 3.8) is 0 Å². The molecule has 4 rings (SSSR count). The number of hydrogen-bond donors (Lipinski definition) is 2. The summed E-state index contributed by atoms with van der Waals surface area (Å²) in [6.45, 7) is 1.52. The Morgan fingerprint density at radius 2 is 2.38 bits per heavy atom. The largest absolute Gasteiger partial charge is 0.379 e. The molecule has 0 saturated carbocycles. The Morgan fingerprint density at radius 3 is 3.12 bits per heavy atom. The molecule has 9 heteroatoms. The smallest absolute Gasteiger partial charge is 0.209 e. The van der Waals surface area contributed by atoms with Crippen LogP contribution in [0.2, 0.25) is 0 Å². The summed E-state index contributed by atoms with van der Waals surface area (Å²) >= 11 is 0. The van der Waals surface area contributed by atoms with Gasteiger partial charge >= 0.3 is 0 Å². The molecule has 1 fully saturated rings. The van der Waals surface area contributed by atoms with E-state index in [1.807, 2.05) is 12.3 Å². The standard InChI is InChI=1S/C15H19N5O3S/c1-24(21,22)18-8-13-19-12-7-17-15-11(4-5-16-15)14(12)20(13)10-3-2-6-23-9-10/h4-5,7,10,18H,2-3,6,8-9H2,1H3,(H,16,17)/t10-/m0/s1. The van der Waals surface area contributed by atoms with Gasteiger partial charge in [-0.05, 0) is 18.9 Å². The molecule has 1 aliphatic rings. The highest BCUT2D eigenvalue weighted by Gasteiger charge is 2.24. The van der Waals surface area contributed by atoms with Crippen LogP contribution in [0.15, 0.2) is 18.5 Å². The predicted octanol–water partition coefficient (Wildman–Crippen LogP) is 1.31. The zero-order valence-electron chi connectivity index (χ0n) is 13.3. The first-order valence-electron chi connectivity index (χ1n) is 7.88. The van der Waals surface area contributed by atoms with Crippen LogP contribution in [-0.2, 0) is 21.3 Å². The second-order valence-electron chi connectivity index (χ2n) is 6.09. The number of pyridine rings is 1. The Bertz CT molecular complexity index is 985. The maximum absolute atomic E-state index is 11.5. The van der Waals surface area contributed by atoms with Crippen LogP contribution >= 0.6 is 0 Å². The van der Waals surface area contributed by atoms with E-state index in [0.29, 0.717) is 12.4 Å². The van der Waals surface area contributed by atoms with E-state index in [9.17, 15) is 8.42 Å². The quantitative estimate of drug-likeness (QED) is 0.739. The second kappa shape index (κ2) is 5.83. The topological polar surface area (TPSA) is 102 Å². The Labute approximate surface area is 139 Å². The average molecular weight is 349 g/mol. The van der Waals surface area contributed by atoms with Crippen LogP contribution in [0.25, 0.3) is 22.1 Å². The third kappa shape index (κ3) is 2.79. The number of nitrogens with zero attached hydrogens (tertiary/aromatic N) is 3. The van der Waals surface area contributed by atoms with Gasteiger partial charge in [0.15, 0.2) is 0 Å². The van der Waals surface area contributed by atoms with Gasteiger partial charge in [0.2, 0.25) is 10.0 Å². The number of H-pyrrole nitrogens is 1. The van der Waals surface area contributed by atoms with Gasteiger partial charge in [-0.3, -0.25) is 0 Å². The molecule has 8 nitrogen and oxygen atoms in total. The molecule has 3 aromatic rings. The van der Waals surface area contributed by atoms with Crippen LogP contribution < -0.4 is 4.72 Å². The second-order valence-corrected chi connectivity index (χ2v) is 7.93.